The minimum absolute atomic E-state index is 0.0930. The number of nitrogens with zero attached hydrogens (tertiary/aromatic N) is 3. The molecule has 2 heterocycles. The van der Waals surface area contributed by atoms with Gasteiger partial charge in [0.05, 0.1) is 20.3 Å². The highest BCUT2D eigenvalue weighted by Crippen LogP contribution is 2.34. The van der Waals surface area contributed by atoms with Gasteiger partial charge in [0.15, 0.2) is 0 Å². The highest BCUT2D eigenvalue weighted by Gasteiger charge is 2.38. The molecule has 1 fully saturated rings. The van der Waals surface area contributed by atoms with E-state index < -0.39 is 16.1 Å². The second kappa shape index (κ2) is 7.03. The van der Waals surface area contributed by atoms with Crippen molar-refractivity contribution in [2.45, 2.75) is 10.9 Å². The Morgan fingerprint density at radius 3 is 2.72 bits per heavy atom. The molecule has 0 radical (unpaired) electrons. The average Bonchev–Trinajstić information content (AvgIpc) is 3.07. The van der Waals surface area contributed by atoms with E-state index in [0.717, 1.165) is 0 Å². The molecule has 1 atom stereocenters. The first-order valence-electron chi connectivity index (χ1n) is 7.91. The van der Waals surface area contributed by atoms with Gasteiger partial charge in [0, 0.05) is 45.1 Å². The van der Waals surface area contributed by atoms with Crippen molar-refractivity contribution in [2.75, 3.05) is 33.9 Å². The Morgan fingerprint density at radius 2 is 2.08 bits per heavy atom. The summed E-state index contributed by atoms with van der Waals surface area (Å²) in [5, 5.41) is 3.24. The predicted octanol–water partition coefficient (Wildman–Crippen LogP) is 0.772. The zero-order valence-corrected chi connectivity index (χ0v) is 15.3. The molecule has 1 aliphatic heterocycles. The zero-order chi connectivity index (χ0) is 18.0. The van der Waals surface area contributed by atoms with Crippen molar-refractivity contribution in [1.82, 2.24) is 19.2 Å². The third-order valence-corrected chi connectivity index (χ3v) is 6.24. The van der Waals surface area contributed by atoms with Crippen molar-refractivity contribution < 1.29 is 17.9 Å². The minimum Gasteiger partial charge on any atom is -0.497 e. The van der Waals surface area contributed by atoms with Crippen LogP contribution in [0.1, 0.15) is 11.9 Å². The van der Waals surface area contributed by atoms with Crippen molar-refractivity contribution in [3.63, 3.8) is 0 Å². The summed E-state index contributed by atoms with van der Waals surface area (Å²) >= 11 is 0. The van der Waals surface area contributed by atoms with Crippen LogP contribution in [-0.4, -0.2) is 56.1 Å². The smallest absolute Gasteiger partial charge is 0.247 e. The van der Waals surface area contributed by atoms with Crippen molar-refractivity contribution >= 4 is 10.0 Å². The van der Waals surface area contributed by atoms with Crippen LogP contribution in [0, 0.1) is 0 Å². The number of hydrogen-bond acceptors (Lipinski definition) is 6. The van der Waals surface area contributed by atoms with Crippen molar-refractivity contribution in [2.24, 2.45) is 7.05 Å². The molecule has 136 valence electrons. The van der Waals surface area contributed by atoms with Gasteiger partial charge in [-0.2, -0.15) is 4.31 Å². The van der Waals surface area contributed by atoms with Gasteiger partial charge in [-0.1, -0.05) is 0 Å². The normalized spacial score (nSPS) is 18.9. The summed E-state index contributed by atoms with van der Waals surface area (Å²) in [7, 11) is 1.01. The van der Waals surface area contributed by atoms with Gasteiger partial charge < -0.3 is 19.4 Å². The highest BCUT2D eigenvalue weighted by atomic mass is 32.2. The Hall–Kier alpha value is -2.10. The van der Waals surface area contributed by atoms with E-state index in [1.807, 2.05) is 11.6 Å². The molecular weight excluding hydrogens is 344 g/mol. The summed E-state index contributed by atoms with van der Waals surface area (Å²) in [5.74, 6) is 1.44. The topological polar surface area (TPSA) is 85.7 Å². The van der Waals surface area contributed by atoms with Crippen LogP contribution < -0.4 is 14.8 Å². The summed E-state index contributed by atoms with van der Waals surface area (Å²) in [6.45, 7) is 1.42. The van der Waals surface area contributed by atoms with Crippen LogP contribution in [0.2, 0.25) is 0 Å². The van der Waals surface area contributed by atoms with Crippen LogP contribution in [0.4, 0.5) is 0 Å². The lowest BCUT2D eigenvalue weighted by Gasteiger charge is -2.35. The molecule has 0 spiro atoms. The summed E-state index contributed by atoms with van der Waals surface area (Å²) in [5.41, 5.74) is 0. The number of piperazine rings is 1. The summed E-state index contributed by atoms with van der Waals surface area (Å²) in [6.07, 6.45) is 3.47. The Kier molecular flexibility index (Phi) is 4.98. The number of ether oxygens (including phenoxy) is 2. The molecule has 1 aliphatic rings. The Balaban J connectivity index is 2.07. The first-order valence-corrected chi connectivity index (χ1v) is 9.35. The SMILES string of the molecule is COc1ccc(OC)c(S(=O)(=O)N2CCNCC2c2nccn2C)c1. The highest BCUT2D eigenvalue weighted by molar-refractivity contribution is 7.89. The molecule has 0 saturated carbocycles. The van der Waals surface area contributed by atoms with Crippen LogP contribution >= 0.6 is 0 Å². The molecule has 1 unspecified atom stereocenters. The van der Waals surface area contributed by atoms with Gasteiger partial charge in [0.25, 0.3) is 0 Å². The Bertz CT molecular complexity index is 850. The van der Waals surface area contributed by atoms with Gasteiger partial charge in [-0.15, -0.1) is 0 Å². The van der Waals surface area contributed by atoms with Crippen molar-refractivity contribution in [1.29, 1.82) is 0 Å². The maximum absolute atomic E-state index is 13.4. The van der Waals surface area contributed by atoms with Gasteiger partial charge in [-0.05, 0) is 12.1 Å². The maximum atomic E-state index is 13.4. The molecule has 0 aliphatic carbocycles. The number of hydrogen-bond donors (Lipinski definition) is 1. The van der Waals surface area contributed by atoms with Gasteiger partial charge in [0.1, 0.15) is 22.2 Å². The Morgan fingerprint density at radius 1 is 1.28 bits per heavy atom. The lowest BCUT2D eigenvalue weighted by molar-refractivity contribution is 0.257. The standard InChI is InChI=1S/C16H22N4O4S/c1-19-8-7-18-16(19)13-11-17-6-9-20(13)25(21,22)15-10-12(23-2)4-5-14(15)24-3/h4-5,7-8,10,13,17H,6,9,11H2,1-3H3. The fourth-order valence-electron chi connectivity index (χ4n) is 3.00. The third kappa shape index (κ3) is 3.22. The van der Waals surface area contributed by atoms with E-state index >= 15 is 0 Å². The number of rotatable bonds is 5. The fourth-order valence-corrected chi connectivity index (χ4v) is 4.76. The monoisotopic (exact) mass is 366 g/mol. The van der Waals surface area contributed by atoms with E-state index in [0.29, 0.717) is 31.2 Å². The first-order chi connectivity index (χ1) is 12.0. The second-order valence-electron chi connectivity index (χ2n) is 5.75. The Labute approximate surface area is 147 Å². The second-order valence-corrected chi connectivity index (χ2v) is 7.61. The third-order valence-electron chi connectivity index (χ3n) is 4.31. The summed E-state index contributed by atoms with van der Waals surface area (Å²) < 4.78 is 40.5. The lowest BCUT2D eigenvalue weighted by atomic mass is 10.2. The molecule has 0 amide bonds. The van der Waals surface area contributed by atoms with E-state index in [4.69, 9.17) is 9.47 Å². The van der Waals surface area contributed by atoms with E-state index in [2.05, 4.69) is 10.3 Å². The molecule has 1 saturated heterocycles. The maximum Gasteiger partial charge on any atom is 0.247 e. The number of nitrogens with one attached hydrogen (secondary N) is 1. The molecule has 1 aromatic heterocycles. The number of methoxy groups -OCH3 is 2. The molecule has 8 nitrogen and oxygen atoms in total. The molecule has 1 N–H and O–H groups in total. The van der Waals surface area contributed by atoms with Crippen LogP contribution in [0.5, 0.6) is 11.5 Å². The number of benzene rings is 1. The molecule has 3 rings (SSSR count). The average molecular weight is 366 g/mol. The van der Waals surface area contributed by atoms with Crippen LogP contribution in [-0.2, 0) is 17.1 Å². The number of aryl methyl sites for hydroxylation is 1. The van der Waals surface area contributed by atoms with Crippen LogP contribution in [0.3, 0.4) is 0 Å². The number of aromatic nitrogens is 2. The molecule has 1 aromatic carbocycles. The lowest BCUT2D eigenvalue weighted by Crippen LogP contribution is -2.49. The molecule has 0 bridgehead atoms. The molecular formula is C16H22N4O4S. The van der Waals surface area contributed by atoms with Crippen LogP contribution in [0.15, 0.2) is 35.5 Å². The van der Waals surface area contributed by atoms with Crippen LogP contribution in [0.25, 0.3) is 0 Å². The van der Waals surface area contributed by atoms with Gasteiger partial charge >= 0.3 is 0 Å². The number of sulfonamides is 1. The van der Waals surface area contributed by atoms with Crippen molar-refractivity contribution in [3.05, 3.63) is 36.4 Å². The van der Waals surface area contributed by atoms with E-state index in [1.54, 1.807) is 24.5 Å². The predicted molar refractivity (Wildman–Crippen MR) is 92.3 cm³/mol. The molecule has 9 heteroatoms. The fraction of sp³-hybridized carbons (Fsp3) is 0.438. The van der Waals surface area contributed by atoms with Gasteiger partial charge in [-0.25, -0.2) is 13.4 Å². The minimum atomic E-state index is -3.79. The van der Waals surface area contributed by atoms with Gasteiger partial charge in [-0.3, -0.25) is 0 Å². The van der Waals surface area contributed by atoms with E-state index in [9.17, 15) is 8.42 Å². The van der Waals surface area contributed by atoms with E-state index in [-0.39, 0.29) is 10.6 Å². The molecule has 2 aromatic rings. The first kappa shape index (κ1) is 17.7. The largest absolute Gasteiger partial charge is 0.497 e. The van der Waals surface area contributed by atoms with Crippen molar-refractivity contribution in [3.8, 4) is 11.5 Å². The molecule has 25 heavy (non-hydrogen) atoms. The van der Waals surface area contributed by atoms with E-state index in [1.165, 1.54) is 24.6 Å². The van der Waals surface area contributed by atoms with Gasteiger partial charge in [0.2, 0.25) is 10.0 Å². The number of imidazole rings is 1. The summed E-state index contributed by atoms with van der Waals surface area (Å²) in [4.78, 5) is 4.43. The summed E-state index contributed by atoms with van der Waals surface area (Å²) in [6, 6.07) is 4.37. The zero-order valence-electron chi connectivity index (χ0n) is 14.5. The quantitative estimate of drug-likeness (QED) is 0.841.